The first-order valence-corrected chi connectivity index (χ1v) is 7.05. The molecule has 0 saturated heterocycles. The van der Waals surface area contributed by atoms with Gasteiger partial charge in [0.2, 0.25) is 11.7 Å². The maximum Gasteiger partial charge on any atom is 0.223 e. The zero-order valence-electron chi connectivity index (χ0n) is 12.0. The van der Waals surface area contributed by atoms with Gasteiger partial charge in [-0.2, -0.15) is 4.98 Å². The van der Waals surface area contributed by atoms with E-state index in [9.17, 15) is 0 Å². The second-order valence-electron chi connectivity index (χ2n) is 5.13. The molecule has 2 aromatic carbocycles. The fourth-order valence-corrected chi connectivity index (χ4v) is 2.48. The number of hydrogen-bond acceptors (Lipinski definition) is 4. The molecule has 2 heterocycles. The molecule has 22 heavy (non-hydrogen) atoms. The Kier molecular flexibility index (Phi) is 2.93. The van der Waals surface area contributed by atoms with Gasteiger partial charge in [0.25, 0.3) is 0 Å². The van der Waals surface area contributed by atoms with E-state index >= 15 is 0 Å². The minimum Gasteiger partial charge on any atom is -0.339 e. The molecule has 0 aliphatic heterocycles. The number of benzene rings is 2. The lowest BCUT2D eigenvalue weighted by atomic mass is 10.0. The highest BCUT2D eigenvalue weighted by atomic mass is 16.5. The van der Waals surface area contributed by atoms with E-state index in [2.05, 4.69) is 39.4 Å². The summed E-state index contributed by atoms with van der Waals surface area (Å²) in [6.07, 6.45) is 1.77. The summed E-state index contributed by atoms with van der Waals surface area (Å²) in [5.74, 6) is 1.12. The van der Waals surface area contributed by atoms with E-state index < -0.39 is 0 Å². The number of hydrogen-bond donors (Lipinski definition) is 0. The summed E-state index contributed by atoms with van der Waals surface area (Å²) in [5.41, 5.74) is 4.15. The number of fused-ring (bicyclic) bond motifs is 1. The number of rotatable bonds is 2. The lowest BCUT2D eigenvalue weighted by molar-refractivity contribution is 0.394. The van der Waals surface area contributed by atoms with Crippen LogP contribution >= 0.6 is 0 Å². The molecule has 4 aromatic rings. The third kappa shape index (κ3) is 2.24. The van der Waals surface area contributed by atoms with E-state index in [1.165, 1.54) is 5.56 Å². The molecule has 2 aromatic heterocycles. The van der Waals surface area contributed by atoms with E-state index in [0.717, 1.165) is 22.0 Å². The van der Waals surface area contributed by atoms with E-state index in [0.29, 0.717) is 11.7 Å². The van der Waals surface area contributed by atoms with Crippen molar-refractivity contribution in [2.75, 3.05) is 0 Å². The van der Waals surface area contributed by atoms with Crippen LogP contribution in [0.2, 0.25) is 0 Å². The van der Waals surface area contributed by atoms with Crippen molar-refractivity contribution in [3.63, 3.8) is 0 Å². The van der Waals surface area contributed by atoms with Gasteiger partial charge < -0.3 is 4.52 Å². The molecular weight excluding hydrogens is 274 g/mol. The number of pyridine rings is 1. The van der Waals surface area contributed by atoms with Crippen molar-refractivity contribution in [2.45, 2.75) is 6.92 Å². The van der Waals surface area contributed by atoms with Crippen molar-refractivity contribution in [1.29, 1.82) is 0 Å². The molecule has 0 fully saturated rings. The molecule has 0 bridgehead atoms. The lowest BCUT2D eigenvalue weighted by Crippen LogP contribution is -1.86. The van der Waals surface area contributed by atoms with Gasteiger partial charge in [0.1, 0.15) is 0 Å². The van der Waals surface area contributed by atoms with Crippen LogP contribution < -0.4 is 0 Å². The van der Waals surface area contributed by atoms with Crippen molar-refractivity contribution in [1.82, 2.24) is 15.1 Å². The Morgan fingerprint density at radius 3 is 2.45 bits per heavy atom. The molecule has 4 nitrogen and oxygen atoms in total. The fraction of sp³-hybridized carbons (Fsp3) is 0.0556. The van der Waals surface area contributed by atoms with Crippen LogP contribution in [-0.2, 0) is 0 Å². The Bertz CT molecular complexity index is 945. The van der Waals surface area contributed by atoms with E-state index in [1.54, 1.807) is 13.1 Å². The van der Waals surface area contributed by atoms with E-state index in [-0.39, 0.29) is 0 Å². The van der Waals surface area contributed by atoms with Crippen molar-refractivity contribution in [3.8, 4) is 22.5 Å². The third-order valence-corrected chi connectivity index (χ3v) is 3.57. The van der Waals surface area contributed by atoms with Crippen LogP contribution in [-0.4, -0.2) is 15.1 Å². The van der Waals surface area contributed by atoms with Crippen LogP contribution in [0.1, 0.15) is 5.89 Å². The van der Waals surface area contributed by atoms with Crippen LogP contribution in [0.4, 0.5) is 0 Å². The van der Waals surface area contributed by atoms with E-state index in [1.807, 2.05) is 30.3 Å². The molecule has 4 rings (SSSR count). The van der Waals surface area contributed by atoms with E-state index in [4.69, 9.17) is 4.52 Å². The van der Waals surface area contributed by atoms with Crippen LogP contribution in [0.15, 0.2) is 65.3 Å². The number of nitrogens with zero attached hydrogens (tertiary/aromatic N) is 3. The van der Waals surface area contributed by atoms with Crippen LogP contribution in [0.3, 0.4) is 0 Å². The molecule has 0 spiro atoms. The standard InChI is InChI=1S/C18H13N3O/c1-12-20-18(21-22-12)16-10-15-9-14(7-8-17(15)19-11-16)13-5-3-2-4-6-13/h2-11H,1H3. The van der Waals surface area contributed by atoms with Gasteiger partial charge in [-0.05, 0) is 29.3 Å². The molecule has 0 amide bonds. The largest absolute Gasteiger partial charge is 0.339 e. The van der Waals surface area contributed by atoms with Crippen molar-refractivity contribution in [2.24, 2.45) is 0 Å². The average molecular weight is 287 g/mol. The molecule has 0 N–H and O–H groups in total. The van der Waals surface area contributed by atoms with Gasteiger partial charge in [0.15, 0.2) is 0 Å². The molecule has 0 radical (unpaired) electrons. The highest BCUT2D eigenvalue weighted by molar-refractivity contribution is 5.87. The summed E-state index contributed by atoms with van der Waals surface area (Å²) in [7, 11) is 0. The van der Waals surface area contributed by atoms with Gasteiger partial charge in [-0.3, -0.25) is 4.98 Å². The SMILES string of the molecule is Cc1nc(-c2cnc3ccc(-c4ccccc4)cc3c2)no1. The van der Waals surface area contributed by atoms with Crippen LogP contribution in [0, 0.1) is 6.92 Å². The Labute approximate surface area is 127 Å². The minimum atomic E-state index is 0.549. The lowest BCUT2D eigenvalue weighted by Gasteiger charge is -2.04. The summed E-state index contributed by atoms with van der Waals surface area (Å²) in [4.78, 5) is 8.73. The highest BCUT2D eigenvalue weighted by Crippen LogP contribution is 2.26. The molecular formula is C18H13N3O. The summed E-state index contributed by atoms with van der Waals surface area (Å²) >= 11 is 0. The Balaban J connectivity index is 1.84. The maximum absolute atomic E-state index is 5.04. The van der Waals surface area contributed by atoms with Crippen LogP contribution in [0.25, 0.3) is 33.4 Å². The number of aromatic nitrogens is 3. The summed E-state index contributed by atoms with van der Waals surface area (Å²) in [6, 6.07) is 18.6. The summed E-state index contributed by atoms with van der Waals surface area (Å²) in [5, 5.41) is 5.00. The second kappa shape index (κ2) is 5.07. The highest BCUT2D eigenvalue weighted by Gasteiger charge is 2.08. The normalized spacial score (nSPS) is 11.0. The zero-order chi connectivity index (χ0) is 14.9. The van der Waals surface area contributed by atoms with Crippen molar-refractivity contribution >= 4 is 10.9 Å². The minimum absolute atomic E-state index is 0.549. The van der Waals surface area contributed by atoms with Gasteiger partial charge in [0.05, 0.1) is 5.52 Å². The van der Waals surface area contributed by atoms with Crippen LogP contribution in [0.5, 0.6) is 0 Å². The molecule has 0 unspecified atom stereocenters. The smallest absolute Gasteiger partial charge is 0.223 e. The Morgan fingerprint density at radius 1 is 0.864 bits per heavy atom. The fourth-order valence-electron chi connectivity index (χ4n) is 2.48. The molecule has 0 atom stereocenters. The molecule has 0 aliphatic rings. The zero-order valence-corrected chi connectivity index (χ0v) is 12.0. The van der Waals surface area contributed by atoms with Gasteiger partial charge in [0, 0.05) is 24.1 Å². The van der Waals surface area contributed by atoms with Gasteiger partial charge in [-0.25, -0.2) is 0 Å². The monoisotopic (exact) mass is 287 g/mol. The molecule has 0 saturated carbocycles. The van der Waals surface area contributed by atoms with Crippen molar-refractivity contribution < 1.29 is 4.52 Å². The number of aryl methyl sites for hydroxylation is 1. The molecule has 4 heteroatoms. The molecule has 0 aliphatic carbocycles. The Hall–Kier alpha value is -3.01. The first-order chi connectivity index (χ1) is 10.8. The van der Waals surface area contributed by atoms with Gasteiger partial charge in [-0.15, -0.1) is 0 Å². The molecule has 106 valence electrons. The topological polar surface area (TPSA) is 51.8 Å². The summed E-state index contributed by atoms with van der Waals surface area (Å²) in [6.45, 7) is 1.78. The third-order valence-electron chi connectivity index (χ3n) is 3.57. The van der Waals surface area contributed by atoms with Crippen molar-refractivity contribution in [3.05, 3.63) is 66.7 Å². The Morgan fingerprint density at radius 2 is 1.68 bits per heavy atom. The second-order valence-corrected chi connectivity index (χ2v) is 5.13. The maximum atomic E-state index is 5.04. The summed E-state index contributed by atoms with van der Waals surface area (Å²) < 4.78 is 5.04. The predicted octanol–water partition coefficient (Wildman–Crippen LogP) is 4.26. The van der Waals surface area contributed by atoms with Gasteiger partial charge in [-0.1, -0.05) is 41.6 Å². The predicted molar refractivity (Wildman–Crippen MR) is 85.2 cm³/mol. The first-order valence-electron chi connectivity index (χ1n) is 7.05. The average Bonchev–Trinajstić information content (AvgIpc) is 3.01. The first kappa shape index (κ1) is 12.7. The quantitative estimate of drug-likeness (QED) is 0.552. The van der Waals surface area contributed by atoms with Gasteiger partial charge >= 0.3 is 0 Å².